The molecule has 0 aromatic heterocycles. The van der Waals surface area contributed by atoms with Gasteiger partial charge in [0.1, 0.15) is 0 Å². The van der Waals surface area contributed by atoms with Gasteiger partial charge in [0.25, 0.3) is 0 Å². The third-order valence-corrected chi connectivity index (χ3v) is 1.70. The van der Waals surface area contributed by atoms with Crippen molar-refractivity contribution in [2.24, 2.45) is 5.73 Å². The van der Waals surface area contributed by atoms with Crippen LogP contribution >= 0.6 is 12.4 Å². The minimum atomic E-state index is 0. The molecule has 0 aliphatic heterocycles. The van der Waals surface area contributed by atoms with Gasteiger partial charge in [-0.05, 0) is 12.8 Å². The van der Waals surface area contributed by atoms with Crippen LogP contribution in [0.4, 0.5) is 0 Å². The van der Waals surface area contributed by atoms with Crippen LogP contribution in [0.25, 0.3) is 0 Å². The molecule has 0 spiro atoms. The molecule has 0 saturated heterocycles. The Morgan fingerprint density at radius 1 is 1.23 bits per heavy atom. The predicted octanol–water partition coefficient (Wildman–Crippen LogP) is 1.41. The van der Waals surface area contributed by atoms with Gasteiger partial charge in [-0.1, -0.05) is 13.8 Å². The molecule has 13 heavy (non-hydrogen) atoms. The number of halogens is 1. The van der Waals surface area contributed by atoms with Crippen LogP contribution in [-0.4, -0.2) is 30.4 Å². The molecule has 0 aromatic carbocycles. The number of amides is 1. The quantitative estimate of drug-likeness (QED) is 0.718. The van der Waals surface area contributed by atoms with E-state index in [-0.39, 0.29) is 18.3 Å². The maximum Gasteiger partial charge on any atom is 0.223 e. The number of rotatable bonds is 6. The molecular weight excluding hydrogens is 188 g/mol. The summed E-state index contributed by atoms with van der Waals surface area (Å²) in [5, 5.41) is 0. The predicted molar refractivity (Wildman–Crippen MR) is 58.1 cm³/mol. The lowest BCUT2D eigenvalue weighted by molar-refractivity contribution is -0.131. The molecule has 0 unspecified atom stereocenters. The smallest absolute Gasteiger partial charge is 0.223 e. The normalized spacial score (nSPS) is 9.15. The molecule has 0 radical (unpaired) electrons. The fourth-order valence-corrected chi connectivity index (χ4v) is 1.18. The molecule has 1 amide bonds. The number of nitrogens with two attached hydrogens (primary N) is 1. The third kappa shape index (κ3) is 6.84. The second kappa shape index (κ2) is 9.81. The maximum atomic E-state index is 11.4. The topological polar surface area (TPSA) is 46.3 Å². The van der Waals surface area contributed by atoms with Crippen molar-refractivity contribution in [3.05, 3.63) is 0 Å². The molecule has 0 saturated carbocycles. The van der Waals surface area contributed by atoms with E-state index in [1.54, 1.807) is 0 Å². The van der Waals surface area contributed by atoms with Crippen molar-refractivity contribution < 1.29 is 4.79 Å². The van der Waals surface area contributed by atoms with Gasteiger partial charge in [-0.3, -0.25) is 4.79 Å². The van der Waals surface area contributed by atoms with E-state index < -0.39 is 0 Å². The fourth-order valence-electron chi connectivity index (χ4n) is 1.18. The second-order valence-corrected chi connectivity index (χ2v) is 2.92. The average Bonchev–Trinajstić information content (AvgIpc) is 2.04. The van der Waals surface area contributed by atoms with E-state index in [2.05, 4.69) is 13.8 Å². The minimum Gasteiger partial charge on any atom is -0.343 e. The highest BCUT2D eigenvalue weighted by Gasteiger charge is 2.09. The van der Waals surface area contributed by atoms with Gasteiger partial charge in [-0.2, -0.15) is 0 Å². The van der Waals surface area contributed by atoms with Crippen LogP contribution < -0.4 is 5.73 Å². The highest BCUT2D eigenvalue weighted by Crippen LogP contribution is 1.97. The third-order valence-electron chi connectivity index (χ3n) is 1.70. The summed E-state index contributed by atoms with van der Waals surface area (Å²) in [7, 11) is 0. The summed E-state index contributed by atoms with van der Waals surface area (Å²) in [6.07, 6.45) is 2.53. The van der Waals surface area contributed by atoms with Crippen LogP contribution in [0.5, 0.6) is 0 Å². The first-order chi connectivity index (χ1) is 5.76. The van der Waals surface area contributed by atoms with Gasteiger partial charge < -0.3 is 10.6 Å². The molecular formula is C9H21ClN2O. The number of hydrogen-bond acceptors (Lipinski definition) is 2. The van der Waals surface area contributed by atoms with Crippen molar-refractivity contribution in [3.63, 3.8) is 0 Å². The average molecular weight is 209 g/mol. The molecule has 3 nitrogen and oxygen atoms in total. The van der Waals surface area contributed by atoms with E-state index in [1.807, 2.05) is 4.90 Å². The Bertz CT molecular complexity index is 125. The van der Waals surface area contributed by atoms with E-state index in [0.29, 0.717) is 13.0 Å². The zero-order chi connectivity index (χ0) is 9.40. The largest absolute Gasteiger partial charge is 0.343 e. The molecule has 0 fully saturated rings. The van der Waals surface area contributed by atoms with Crippen LogP contribution in [0.2, 0.25) is 0 Å². The summed E-state index contributed by atoms with van der Waals surface area (Å²) >= 11 is 0. The van der Waals surface area contributed by atoms with Crippen molar-refractivity contribution in [1.29, 1.82) is 0 Å². The number of carbonyl (C=O) groups is 1. The number of carbonyl (C=O) groups excluding carboxylic acids is 1. The van der Waals surface area contributed by atoms with Crippen LogP contribution in [0.15, 0.2) is 0 Å². The lowest BCUT2D eigenvalue weighted by atomic mass is 10.3. The first kappa shape index (κ1) is 15.2. The van der Waals surface area contributed by atoms with E-state index >= 15 is 0 Å². The van der Waals surface area contributed by atoms with Crippen molar-refractivity contribution in [2.45, 2.75) is 33.1 Å². The Kier molecular flexibility index (Phi) is 11.5. The zero-order valence-electron chi connectivity index (χ0n) is 8.58. The SMILES string of the molecule is CCCN(CCC)C(=O)CCN.Cl. The van der Waals surface area contributed by atoms with Crippen molar-refractivity contribution in [1.82, 2.24) is 4.90 Å². The molecule has 0 bridgehead atoms. The summed E-state index contributed by atoms with van der Waals surface area (Å²) in [5.74, 6) is 0.196. The van der Waals surface area contributed by atoms with Crippen LogP contribution in [0.1, 0.15) is 33.1 Å². The highest BCUT2D eigenvalue weighted by molar-refractivity contribution is 5.85. The van der Waals surface area contributed by atoms with E-state index in [9.17, 15) is 4.79 Å². The molecule has 0 aliphatic carbocycles. The Labute approximate surface area is 87.1 Å². The molecule has 0 rings (SSSR count). The van der Waals surface area contributed by atoms with Crippen molar-refractivity contribution >= 4 is 18.3 Å². The first-order valence-electron chi connectivity index (χ1n) is 4.74. The summed E-state index contributed by atoms with van der Waals surface area (Å²) in [6, 6.07) is 0. The zero-order valence-corrected chi connectivity index (χ0v) is 9.40. The lowest BCUT2D eigenvalue weighted by Crippen LogP contribution is -2.33. The number of hydrogen-bond donors (Lipinski definition) is 1. The minimum absolute atomic E-state index is 0. The second-order valence-electron chi connectivity index (χ2n) is 2.92. The summed E-state index contributed by atoms with van der Waals surface area (Å²) in [5.41, 5.74) is 5.31. The maximum absolute atomic E-state index is 11.4. The molecule has 0 atom stereocenters. The van der Waals surface area contributed by atoms with Gasteiger partial charge in [0.15, 0.2) is 0 Å². The summed E-state index contributed by atoms with van der Waals surface area (Å²) in [4.78, 5) is 13.3. The van der Waals surface area contributed by atoms with Gasteiger partial charge in [0.2, 0.25) is 5.91 Å². The lowest BCUT2D eigenvalue weighted by Gasteiger charge is -2.20. The standard InChI is InChI=1S/C9H20N2O.ClH/c1-3-7-11(8-4-2)9(12)5-6-10;/h3-8,10H2,1-2H3;1H. The summed E-state index contributed by atoms with van der Waals surface area (Å²) in [6.45, 7) is 6.36. The van der Waals surface area contributed by atoms with Crippen LogP contribution in [0, 0.1) is 0 Å². The van der Waals surface area contributed by atoms with Crippen molar-refractivity contribution in [2.75, 3.05) is 19.6 Å². The molecule has 0 aliphatic rings. The van der Waals surface area contributed by atoms with Gasteiger partial charge in [0.05, 0.1) is 0 Å². The van der Waals surface area contributed by atoms with Gasteiger partial charge in [-0.25, -0.2) is 0 Å². The van der Waals surface area contributed by atoms with Crippen LogP contribution in [0.3, 0.4) is 0 Å². The molecule has 4 heteroatoms. The Hall–Kier alpha value is -0.280. The Morgan fingerprint density at radius 3 is 2.00 bits per heavy atom. The monoisotopic (exact) mass is 208 g/mol. The fraction of sp³-hybridized carbons (Fsp3) is 0.889. The van der Waals surface area contributed by atoms with E-state index in [0.717, 1.165) is 25.9 Å². The highest BCUT2D eigenvalue weighted by atomic mass is 35.5. The van der Waals surface area contributed by atoms with Gasteiger partial charge in [0, 0.05) is 26.1 Å². The molecule has 0 aromatic rings. The van der Waals surface area contributed by atoms with Crippen molar-refractivity contribution in [3.8, 4) is 0 Å². The summed E-state index contributed by atoms with van der Waals surface area (Å²) < 4.78 is 0. The van der Waals surface area contributed by atoms with Gasteiger partial charge >= 0.3 is 0 Å². The molecule has 2 N–H and O–H groups in total. The molecule has 80 valence electrons. The van der Waals surface area contributed by atoms with E-state index in [1.165, 1.54) is 0 Å². The van der Waals surface area contributed by atoms with E-state index in [4.69, 9.17) is 5.73 Å². The Morgan fingerprint density at radius 2 is 1.69 bits per heavy atom. The van der Waals surface area contributed by atoms with Gasteiger partial charge in [-0.15, -0.1) is 12.4 Å². The molecule has 0 heterocycles. The number of nitrogens with zero attached hydrogens (tertiary/aromatic N) is 1. The Balaban J connectivity index is 0. The van der Waals surface area contributed by atoms with Crippen LogP contribution in [-0.2, 0) is 4.79 Å². The first-order valence-corrected chi connectivity index (χ1v) is 4.74.